The van der Waals surface area contributed by atoms with Crippen molar-refractivity contribution in [3.8, 4) is 0 Å². The zero-order chi connectivity index (χ0) is 38.0. The van der Waals surface area contributed by atoms with Gasteiger partial charge in [0, 0.05) is 39.2 Å². The Bertz CT molecular complexity index is 1180. The fourth-order valence-corrected chi connectivity index (χ4v) is 6.02. The van der Waals surface area contributed by atoms with Crippen LogP contribution in [0.5, 0.6) is 0 Å². The number of carboxylic acids is 2. The summed E-state index contributed by atoms with van der Waals surface area (Å²) >= 11 is 0. The molecule has 12 nitrogen and oxygen atoms in total. The molecule has 0 unspecified atom stereocenters. The van der Waals surface area contributed by atoms with Gasteiger partial charge in [0.1, 0.15) is 11.6 Å². The van der Waals surface area contributed by atoms with Gasteiger partial charge in [-0.3, -0.25) is 24.0 Å². The number of aliphatic carboxylic acids is 2. The van der Waals surface area contributed by atoms with E-state index < -0.39 is 43.9 Å². The van der Waals surface area contributed by atoms with Crippen molar-refractivity contribution in [2.75, 3.05) is 6.54 Å². The molecule has 0 aromatic heterocycles. The summed E-state index contributed by atoms with van der Waals surface area (Å²) in [7, 11) is -3.65. The first-order valence-electron chi connectivity index (χ1n) is 19.0. The first kappa shape index (κ1) is 53.7. The van der Waals surface area contributed by atoms with Crippen molar-refractivity contribution < 1.29 is 107 Å². The van der Waals surface area contributed by atoms with Crippen molar-refractivity contribution in [1.29, 1.82) is 0 Å². The topological polar surface area (TPSA) is 219 Å². The number of ketones is 2. The maximum Gasteiger partial charge on any atom is 1.00 e. The van der Waals surface area contributed by atoms with Crippen LogP contribution in [0.25, 0.3) is 0 Å². The molecular formula is C38H66B2KNO11. The molecule has 0 bridgehead atoms. The number of amides is 1. The normalized spacial score (nSPS) is 11.8. The van der Waals surface area contributed by atoms with E-state index in [2.05, 4.69) is 5.32 Å². The fourth-order valence-electron chi connectivity index (χ4n) is 6.02. The fraction of sp³-hybridized carbons (Fsp3) is 0.684. The summed E-state index contributed by atoms with van der Waals surface area (Å²) < 4.78 is 0. The number of carboxylic acid groups (broad SMARTS) is 2. The van der Waals surface area contributed by atoms with Gasteiger partial charge >= 0.3 is 77.6 Å². The molecule has 0 radical (unpaired) electrons. The minimum atomic E-state index is -1.83. The predicted molar refractivity (Wildman–Crippen MR) is 206 cm³/mol. The number of hydrogen-bond acceptors (Lipinski definition) is 9. The third kappa shape index (κ3) is 26.9. The van der Waals surface area contributed by atoms with Gasteiger partial charge in [0.05, 0.1) is 11.8 Å². The van der Waals surface area contributed by atoms with E-state index in [1.807, 2.05) is 0 Å². The summed E-state index contributed by atoms with van der Waals surface area (Å²) in [5, 5.41) is 58.8. The summed E-state index contributed by atoms with van der Waals surface area (Å²) in [4.78, 5) is 59.5. The molecule has 53 heavy (non-hydrogen) atoms. The number of carbonyl (C=O) groups excluding carboxylic acids is 3. The van der Waals surface area contributed by atoms with Gasteiger partial charge in [0.15, 0.2) is 0 Å². The van der Waals surface area contributed by atoms with E-state index in [0.717, 1.165) is 77.0 Å². The van der Waals surface area contributed by atoms with E-state index in [9.17, 15) is 49.2 Å². The average Bonchev–Trinajstić information content (AvgIpc) is 3.08. The first-order valence-corrected chi connectivity index (χ1v) is 19.0. The molecule has 0 spiro atoms. The molecule has 0 aliphatic carbocycles. The van der Waals surface area contributed by atoms with Crippen molar-refractivity contribution in [3.05, 3.63) is 31.2 Å². The van der Waals surface area contributed by atoms with Crippen LogP contribution in [0.1, 0.15) is 160 Å². The number of Topliss-reactive ketones (excluding diaryl/α,β-unsaturated/α-hetero) is 2. The third-order valence-corrected chi connectivity index (χ3v) is 9.36. The molecule has 0 fully saturated rings. The SMILES string of the molecule is C[C@@H](CCCCCC(=O)CC[C@H](CC(=O)CCCCCCCCCCCCCCCNC(=O)c1cc(B(O)O)cc(B(O)O)c1)C(=O)O)C(=O)O.[CH3-].[HH].[K+]. The molecular weight excluding hydrogens is 707 g/mol. The second-order valence-electron chi connectivity index (χ2n) is 13.9. The molecule has 15 heteroatoms. The molecule has 2 atom stereocenters. The molecule has 1 amide bonds. The van der Waals surface area contributed by atoms with Gasteiger partial charge in [-0.1, -0.05) is 96.5 Å². The van der Waals surface area contributed by atoms with Crippen molar-refractivity contribution in [1.82, 2.24) is 5.32 Å². The zero-order valence-corrected chi connectivity index (χ0v) is 35.7. The molecule has 0 heterocycles. The molecule has 296 valence electrons. The van der Waals surface area contributed by atoms with E-state index in [1.54, 1.807) is 6.92 Å². The van der Waals surface area contributed by atoms with Crippen molar-refractivity contribution in [3.63, 3.8) is 0 Å². The van der Waals surface area contributed by atoms with Crippen molar-refractivity contribution in [2.45, 2.75) is 148 Å². The maximum absolute atomic E-state index is 12.4. The second-order valence-corrected chi connectivity index (χ2v) is 13.9. The molecule has 0 aliphatic heterocycles. The number of nitrogens with one attached hydrogen (secondary N) is 1. The number of benzene rings is 1. The van der Waals surface area contributed by atoms with Crippen LogP contribution in [0.15, 0.2) is 18.2 Å². The molecule has 0 saturated carbocycles. The summed E-state index contributed by atoms with van der Waals surface area (Å²) in [5.74, 6) is -3.55. The van der Waals surface area contributed by atoms with E-state index in [0.29, 0.717) is 32.2 Å². The summed E-state index contributed by atoms with van der Waals surface area (Å²) in [6.45, 7) is 2.14. The molecule has 1 aromatic carbocycles. The number of hydrogen-bond donors (Lipinski definition) is 7. The zero-order valence-electron chi connectivity index (χ0n) is 32.5. The van der Waals surface area contributed by atoms with Crippen LogP contribution in [0.2, 0.25) is 0 Å². The van der Waals surface area contributed by atoms with E-state index >= 15 is 0 Å². The van der Waals surface area contributed by atoms with Crippen molar-refractivity contribution >= 4 is 54.6 Å². The van der Waals surface area contributed by atoms with Gasteiger partial charge in [-0.15, -0.1) is 0 Å². The Morgan fingerprint density at radius 3 is 1.49 bits per heavy atom. The molecule has 0 aliphatic rings. The third-order valence-electron chi connectivity index (χ3n) is 9.36. The predicted octanol–water partition coefficient (Wildman–Crippen LogP) is 1.62. The Hall–Kier alpha value is -1.42. The minimum Gasteiger partial charge on any atom is -0.481 e. The van der Waals surface area contributed by atoms with Crippen LogP contribution in [0.3, 0.4) is 0 Å². The van der Waals surface area contributed by atoms with Gasteiger partial charge in [0.2, 0.25) is 0 Å². The number of rotatable bonds is 32. The van der Waals surface area contributed by atoms with Crippen LogP contribution in [-0.4, -0.2) is 80.5 Å². The van der Waals surface area contributed by atoms with Gasteiger partial charge in [-0.2, -0.15) is 0 Å². The summed E-state index contributed by atoms with van der Waals surface area (Å²) in [6.07, 6.45) is 17.5. The Morgan fingerprint density at radius 1 is 0.604 bits per heavy atom. The number of unbranched alkanes of at least 4 members (excludes halogenated alkanes) is 14. The van der Waals surface area contributed by atoms with Gasteiger partial charge < -0.3 is 43.1 Å². The second kappa shape index (κ2) is 32.8. The standard InChI is InChI=1S/C37H61B2NO11.CH3.K.H2/c1-28(36(44)45)18-14-13-16-19-33(41)22-21-29(37(46)47)26-34(42)20-15-11-9-7-5-3-2-4-6-8-10-12-17-23-40-35(43)30-24-31(38(48)49)27-32(25-30)39(50)51;;;/h24-25,27-29,48-51H,2-23,26H2,1H3,(H,40,43)(H,44,45)(H,46,47);1H3;;1H/q;-1;+1;/t28-,29+;;;/m0.../s1. The monoisotopic (exact) mass is 773 g/mol. The Balaban J connectivity index is -0.00000867. The van der Waals surface area contributed by atoms with Crippen LogP contribution in [0.4, 0.5) is 0 Å². The molecule has 1 rings (SSSR count). The van der Waals surface area contributed by atoms with Crippen molar-refractivity contribution in [2.24, 2.45) is 11.8 Å². The average molecular weight is 774 g/mol. The Morgan fingerprint density at radius 2 is 1.04 bits per heavy atom. The van der Waals surface area contributed by atoms with Crippen LogP contribution in [-0.2, 0) is 19.2 Å². The molecule has 0 saturated heterocycles. The largest absolute Gasteiger partial charge is 1.00 e. The van der Waals surface area contributed by atoms with Crippen LogP contribution >= 0.6 is 0 Å². The molecule has 1 aromatic rings. The smallest absolute Gasteiger partial charge is 0.481 e. The van der Waals surface area contributed by atoms with Gasteiger partial charge in [-0.25, -0.2) is 0 Å². The van der Waals surface area contributed by atoms with Gasteiger partial charge in [0.25, 0.3) is 5.91 Å². The van der Waals surface area contributed by atoms with E-state index in [-0.39, 0.29) is 108 Å². The van der Waals surface area contributed by atoms with E-state index in [1.165, 1.54) is 37.5 Å². The molecule has 7 N–H and O–H groups in total. The number of carbonyl (C=O) groups is 5. The van der Waals surface area contributed by atoms with E-state index in [4.69, 9.17) is 5.11 Å². The summed E-state index contributed by atoms with van der Waals surface area (Å²) in [5.41, 5.74) is 0.153. The summed E-state index contributed by atoms with van der Waals surface area (Å²) in [6, 6.07) is 3.85. The van der Waals surface area contributed by atoms with Crippen LogP contribution in [0, 0.1) is 19.3 Å². The minimum absolute atomic E-state index is 0. The Labute approximate surface area is 361 Å². The maximum atomic E-state index is 12.4. The Kier molecular flexibility index (Phi) is 33.2. The first-order chi connectivity index (χ1) is 24.3. The quantitative estimate of drug-likeness (QED) is 0.0317. The van der Waals surface area contributed by atoms with Crippen LogP contribution < -0.4 is 67.6 Å². The van der Waals surface area contributed by atoms with Gasteiger partial charge in [-0.05, 0) is 55.2 Å².